The second-order valence-electron chi connectivity index (χ2n) is 8.86. The number of carbonyl (C=O) groups is 1. The van der Waals surface area contributed by atoms with E-state index in [-0.39, 0.29) is 5.91 Å². The summed E-state index contributed by atoms with van der Waals surface area (Å²) >= 11 is 13.9. The van der Waals surface area contributed by atoms with Gasteiger partial charge in [-0.15, -0.1) is 6.58 Å². The first-order valence-corrected chi connectivity index (χ1v) is 14.5. The molecular weight excluding hydrogens is 533 g/mol. The molecule has 0 aliphatic heterocycles. The Morgan fingerprint density at radius 3 is 2.37 bits per heavy atom. The van der Waals surface area contributed by atoms with Crippen LogP contribution in [-0.2, 0) is 17.8 Å². The molecule has 0 fully saturated rings. The quantitative estimate of drug-likeness (QED) is 0.101. The summed E-state index contributed by atoms with van der Waals surface area (Å²) in [6.07, 6.45) is 4.83. The van der Waals surface area contributed by atoms with E-state index in [0.717, 1.165) is 51.8 Å². The van der Waals surface area contributed by atoms with E-state index in [2.05, 4.69) is 52.9 Å². The van der Waals surface area contributed by atoms with E-state index in [1.54, 1.807) is 17.8 Å². The smallest absolute Gasteiger partial charge is 0.220 e. The first-order chi connectivity index (χ1) is 18.6. The van der Waals surface area contributed by atoms with Gasteiger partial charge in [0.25, 0.3) is 0 Å². The van der Waals surface area contributed by atoms with Crippen molar-refractivity contribution in [2.75, 3.05) is 12.3 Å². The van der Waals surface area contributed by atoms with Gasteiger partial charge in [0.2, 0.25) is 5.91 Å². The van der Waals surface area contributed by atoms with Gasteiger partial charge >= 0.3 is 0 Å². The number of hydrogen-bond donors (Lipinski definition) is 1. The third-order valence-corrected chi connectivity index (χ3v) is 7.75. The zero-order valence-electron chi connectivity index (χ0n) is 21.2. The summed E-state index contributed by atoms with van der Waals surface area (Å²) in [7, 11) is 0. The molecule has 0 atom stereocenters. The Morgan fingerprint density at radius 1 is 0.974 bits per heavy atom. The molecule has 0 radical (unpaired) electrons. The molecule has 7 heteroatoms. The minimum absolute atomic E-state index is 0.0611. The number of aromatic nitrogens is 2. The van der Waals surface area contributed by atoms with Crippen LogP contribution in [0.15, 0.2) is 96.7 Å². The monoisotopic (exact) mass is 563 g/mol. The summed E-state index contributed by atoms with van der Waals surface area (Å²) in [5.41, 5.74) is 5.27. The summed E-state index contributed by atoms with van der Waals surface area (Å²) in [6, 6.07) is 26.1. The van der Waals surface area contributed by atoms with Gasteiger partial charge in [0, 0.05) is 46.4 Å². The number of thioether (sulfide) groups is 1. The lowest BCUT2D eigenvalue weighted by molar-refractivity contribution is -0.121. The van der Waals surface area contributed by atoms with Gasteiger partial charge in [0.15, 0.2) is 5.16 Å². The maximum absolute atomic E-state index is 12.3. The van der Waals surface area contributed by atoms with Crippen LogP contribution in [0.1, 0.15) is 24.8 Å². The highest BCUT2D eigenvalue weighted by Crippen LogP contribution is 2.36. The number of halogens is 2. The van der Waals surface area contributed by atoms with E-state index >= 15 is 0 Å². The van der Waals surface area contributed by atoms with Crippen molar-refractivity contribution in [1.29, 1.82) is 0 Å². The number of unbranched alkanes of at least 4 members (excludes halogenated alkanes) is 1. The predicted octanol–water partition coefficient (Wildman–Crippen LogP) is 8.33. The third kappa shape index (κ3) is 7.53. The summed E-state index contributed by atoms with van der Waals surface area (Å²) < 4.78 is 2.24. The van der Waals surface area contributed by atoms with Crippen molar-refractivity contribution >= 4 is 40.9 Å². The maximum atomic E-state index is 12.3. The van der Waals surface area contributed by atoms with Crippen LogP contribution < -0.4 is 5.32 Å². The lowest BCUT2D eigenvalue weighted by Crippen LogP contribution is -2.25. The minimum Gasteiger partial charge on any atom is -0.356 e. The zero-order chi connectivity index (χ0) is 26.7. The molecule has 0 saturated heterocycles. The van der Waals surface area contributed by atoms with Gasteiger partial charge in [-0.1, -0.05) is 108 Å². The van der Waals surface area contributed by atoms with E-state index in [0.29, 0.717) is 36.0 Å². The summed E-state index contributed by atoms with van der Waals surface area (Å²) in [6.45, 7) is 5.21. The second kappa shape index (κ2) is 14.2. The number of amides is 1. The van der Waals surface area contributed by atoms with Gasteiger partial charge in [0.05, 0.1) is 11.4 Å². The number of rotatable bonds is 13. The number of nitrogens with one attached hydrogen (secondary N) is 1. The Morgan fingerprint density at radius 2 is 1.68 bits per heavy atom. The molecule has 4 nitrogen and oxygen atoms in total. The molecule has 1 heterocycles. The van der Waals surface area contributed by atoms with Gasteiger partial charge in [-0.2, -0.15) is 0 Å². The van der Waals surface area contributed by atoms with E-state index in [9.17, 15) is 4.79 Å². The number of benzene rings is 3. The van der Waals surface area contributed by atoms with Crippen molar-refractivity contribution in [3.8, 4) is 22.5 Å². The van der Waals surface area contributed by atoms with E-state index in [1.165, 1.54) is 0 Å². The Labute approximate surface area is 239 Å². The molecule has 38 heavy (non-hydrogen) atoms. The van der Waals surface area contributed by atoms with E-state index < -0.39 is 0 Å². The zero-order valence-corrected chi connectivity index (χ0v) is 23.5. The number of allylic oxidation sites excluding steroid dienone is 1. The molecule has 4 rings (SSSR count). The molecule has 3 aromatic carbocycles. The Hall–Kier alpha value is -2.99. The first-order valence-electron chi connectivity index (χ1n) is 12.7. The number of hydrogen-bond acceptors (Lipinski definition) is 3. The standard InChI is InChI=1S/C31H31Cl2N3OS/c1-2-20-36-30(25-13-7-4-8-14-25)29(24-11-5-3-6-12-24)35-31(36)38-21-10-9-15-28(37)34-19-18-23-16-17-26(32)22-27(23)33/h2-8,11-14,16-17,22H,1,9-10,15,18-21H2,(H,34,37). The van der Waals surface area contributed by atoms with Gasteiger partial charge in [-0.3, -0.25) is 4.79 Å². The Balaban J connectivity index is 1.33. The molecular formula is C31H31Cl2N3OS. The maximum Gasteiger partial charge on any atom is 0.220 e. The van der Waals surface area contributed by atoms with E-state index in [1.807, 2.05) is 42.5 Å². The van der Waals surface area contributed by atoms with Crippen molar-refractivity contribution in [3.05, 3.63) is 107 Å². The van der Waals surface area contributed by atoms with Crippen LogP contribution in [0.3, 0.4) is 0 Å². The predicted molar refractivity (Wildman–Crippen MR) is 161 cm³/mol. The van der Waals surface area contributed by atoms with Gasteiger partial charge in [-0.25, -0.2) is 4.98 Å². The third-order valence-electron chi connectivity index (χ3n) is 6.10. The summed E-state index contributed by atoms with van der Waals surface area (Å²) in [5.74, 6) is 0.940. The number of carbonyl (C=O) groups excluding carboxylic acids is 1. The van der Waals surface area contributed by atoms with Gasteiger partial charge in [-0.05, 0) is 37.0 Å². The van der Waals surface area contributed by atoms with Crippen LogP contribution in [0.25, 0.3) is 22.5 Å². The fourth-order valence-electron chi connectivity index (χ4n) is 4.23. The fourth-order valence-corrected chi connectivity index (χ4v) is 5.74. The van der Waals surface area contributed by atoms with Crippen molar-refractivity contribution in [1.82, 2.24) is 14.9 Å². The van der Waals surface area contributed by atoms with Crippen LogP contribution in [0.5, 0.6) is 0 Å². The molecule has 0 bridgehead atoms. The van der Waals surface area contributed by atoms with Crippen molar-refractivity contribution < 1.29 is 4.79 Å². The highest BCUT2D eigenvalue weighted by Gasteiger charge is 2.19. The average molecular weight is 565 g/mol. The highest BCUT2D eigenvalue weighted by atomic mass is 35.5. The summed E-state index contributed by atoms with van der Waals surface area (Å²) in [4.78, 5) is 17.4. The molecule has 1 aromatic heterocycles. The van der Waals surface area contributed by atoms with Crippen LogP contribution in [0.4, 0.5) is 0 Å². The number of nitrogens with zero attached hydrogens (tertiary/aromatic N) is 2. The van der Waals surface area contributed by atoms with Crippen molar-refractivity contribution in [2.45, 2.75) is 37.4 Å². The Bertz CT molecular complexity index is 1360. The lowest BCUT2D eigenvalue weighted by atomic mass is 10.0. The fraction of sp³-hybridized carbons (Fsp3) is 0.226. The second-order valence-corrected chi connectivity index (χ2v) is 10.8. The molecule has 0 aliphatic rings. The van der Waals surface area contributed by atoms with E-state index in [4.69, 9.17) is 28.2 Å². The molecule has 4 aromatic rings. The molecule has 0 aliphatic carbocycles. The molecule has 0 saturated carbocycles. The Kier molecular flexibility index (Phi) is 10.5. The van der Waals surface area contributed by atoms with Crippen LogP contribution in [-0.4, -0.2) is 27.8 Å². The molecule has 196 valence electrons. The van der Waals surface area contributed by atoms with Gasteiger partial charge in [0.1, 0.15) is 0 Å². The normalized spacial score (nSPS) is 10.9. The van der Waals surface area contributed by atoms with Crippen LogP contribution in [0.2, 0.25) is 10.0 Å². The molecule has 0 unspecified atom stereocenters. The molecule has 0 spiro atoms. The average Bonchev–Trinajstić information content (AvgIpc) is 3.29. The van der Waals surface area contributed by atoms with Crippen molar-refractivity contribution in [3.63, 3.8) is 0 Å². The largest absolute Gasteiger partial charge is 0.356 e. The van der Waals surface area contributed by atoms with Crippen molar-refractivity contribution in [2.24, 2.45) is 0 Å². The summed E-state index contributed by atoms with van der Waals surface area (Å²) in [5, 5.41) is 5.19. The molecule has 1 N–H and O–H groups in total. The first kappa shape index (κ1) is 28.0. The SMILES string of the molecule is C=CCn1c(SCCCCC(=O)NCCc2ccc(Cl)cc2Cl)nc(-c2ccccc2)c1-c1ccccc1. The number of imidazole rings is 1. The van der Waals surface area contributed by atoms with Gasteiger partial charge < -0.3 is 9.88 Å². The topological polar surface area (TPSA) is 46.9 Å². The highest BCUT2D eigenvalue weighted by molar-refractivity contribution is 7.99. The van der Waals surface area contributed by atoms with Crippen LogP contribution in [0, 0.1) is 0 Å². The van der Waals surface area contributed by atoms with Crippen LogP contribution >= 0.6 is 35.0 Å². The lowest BCUT2D eigenvalue weighted by Gasteiger charge is -2.11. The molecule has 1 amide bonds. The minimum atomic E-state index is 0.0611.